The lowest BCUT2D eigenvalue weighted by Crippen LogP contribution is -2.45. The molecule has 2 aromatic rings. The van der Waals surface area contributed by atoms with E-state index in [4.69, 9.17) is 14.2 Å². The number of ether oxygens (including phenoxy) is 3. The van der Waals surface area contributed by atoms with E-state index in [1.165, 1.54) is 24.0 Å². The minimum atomic E-state index is -0.533. The van der Waals surface area contributed by atoms with Crippen LogP contribution in [0.15, 0.2) is 36.4 Å². The number of hydrogen-bond acceptors (Lipinski definition) is 4. The second-order valence-corrected chi connectivity index (χ2v) is 9.18. The Hall–Kier alpha value is -2.69. The fraction of sp³-hybridized carbons (Fsp3) is 0.500. The summed E-state index contributed by atoms with van der Waals surface area (Å²) in [6.07, 6.45) is 5.46. The zero-order chi connectivity index (χ0) is 22.0. The van der Waals surface area contributed by atoms with Gasteiger partial charge < -0.3 is 19.5 Å². The highest BCUT2D eigenvalue weighted by molar-refractivity contribution is 5.81. The first-order chi connectivity index (χ1) is 14.9. The first-order valence-corrected chi connectivity index (χ1v) is 11.3. The predicted molar refractivity (Wildman–Crippen MR) is 121 cm³/mol. The summed E-state index contributed by atoms with van der Waals surface area (Å²) in [4.78, 5) is 13.2. The van der Waals surface area contributed by atoms with Gasteiger partial charge in [-0.05, 0) is 81.3 Å². The molecule has 4 rings (SSSR count). The molecule has 5 heteroatoms. The smallest absolute Gasteiger partial charge is 0.261 e. The topological polar surface area (TPSA) is 56.8 Å². The van der Waals surface area contributed by atoms with E-state index in [2.05, 4.69) is 17.4 Å². The molecule has 1 aliphatic heterocycles. The van der Waals surface area contributed by atoms with Crippen LogP contribution in [0.3, 0.4) is 0 Å². The van der Waals surface area contributed by atoms with E-state index in [1.54, 1.807) is 7.11 Å². The summed E-state index contributed by atoms with van der Waals surface area (Å²) in [5, 5.41) is 3.22. The third-order valence-corrected chi connectivity index (χ3v) is 6.26. The van der Waals surface area contributed by atoms with Gasteiger partial charge in [0.25, 0.3) is 5.91 Å². The number of amides is 1. The maximum Gasteiger partial charge on any atom is 0.261 e. The van der Waals surface area contributed by atoms with Gasteiger partial charge in [-0.1, -0.05) is 13.0 Å². The van der Waals surface area contributed by atoms with Gasteiger partial charge in [-0.3, -0.25) is 4.79 Å². The van der Waals surface area contributed by atoms with Crippen LogP contribution in [0.5, 0.6) is 17.2 Å². The highest BCUT2D eigenvalue weighted by Gasteiger charge is 2.36. The lowest BCUT2D eigenvalue weighted by Gasteiger charge is -2.38. The molecule has 2 atom stereocenters. The summed E-state index contributed by atoms with van der Waals surface area (Å²) < 4.78 is 17.6. The average molecular weight is 424 g/mol. The van der Waals surface area contributed by atoms with E-state index < -0.39 is 11.7 Å². The lowest BCUT2D eigenvalue weighted by atomic mass is 9.89. The van der Waals surface area contributed by atoms with Crippen LogP contribution in [0.2, 0.25) is 0 Å². The Bertz CT molecular complexity index is 952. The van der Waals surface area contributed by atoms with Crippen molar-refractivity contribution >= 4 is 5.91 Å². The van der Waals surface area contributed by atoms with Crippen LogP contribution in [0.1, 0.15) is 69.2 Å². The monoisotopic (exact) mass is 423 g/mol. The van der Waals surface area contributed by atoms with Crippen molar-refractivity contribution in [2.45, 2.75) is 77.0 Å². The summed E-state index contributed by atoms with van der Waals surface area (Å²) in [5.74, 6) is 2.18. The second kappa shape index (κ2) is 8.81. The van der Waals surface area contributed by atoms with Gasteiger partial charge in [0, 0.05) is 18.1 Å². The molecule has 2 aliphatic rings. The van der Waals surface area contributed by atoms with Crippen LogP contribution in [-0.4, -0.2) is 24.7 Å². The van der Waals surface area contributed by atoms with Crippen molar-refractivity contribution in [1.29, 1.82) is 0 Å². The maximum atomic E-state index is 13.2. The predicted octanol–water partition coefficient (Wildman–Crippen LogP) is 5.15. The zero-order valence-electron chi connectivity index (χ0n) is 19.0. The second-order valence-electron chi connectivity index (χ2n) is 9.18. The highest BCUT2D eigenvalue weighted by atomic mass is 16.5. The number of methoxy groups -OCH3 is 1. The molecule has 1 aliphatic carbocycles. The molecule has 0 saturated heterocycles. The van der Waals surface area contributed by atoms with Gasteiger partial charge in [-0.25, -0.2) is 0 Å². The molecule has 0 saturated carbocycles. The van der Waals surface area contributed by atoms with Gasteiger partial charge in [0.1, 0.15) is 22.8 Å². The van der Waals surface area contributed by atoms with E-state index in [0.717, 1.165) is 35.7 Å². The lowest BCUT2D eigenvalue weighted by molar-refractivity contribution is -0.129. The number of carbonyl (C=O) groups is 1. The molecule has 0 radical (unpaired) electrons. The first-order valence-electron chi connectivity index (χ1n) is 11.3. The molecular formula is C26H33NO4. The Kier molecular flexibility index (Phi) is 6.12. The molecule has 0 spiro atoms. The van der Waals surface area contributed by atoms with Crippen molar-refractivity contribution in [2.75, 3.05) is 7.11 Å². The van der Waals surface area contributed by atoms with E-state index >= 15 is 0 Å². The molecule has 5 nitrogen and oxygen atoms in total. The SMILES string of the molecule is CC[C@H](Oc1ccc2c(c1)CCCC2)C(=O)N[C@H]1CC(C)(C)Oc2cc(OC)ccc21. The number of rotatable bonds is 6. The highest BCUT2D eigenvalue weighted by Crippen LogP contribution is 2.41. The van der Waals surface area contributed by atoms with E-state index in [0.29, 0.717) is 12.8 Å². The van der Waals surface area contributed by atoms with Gasteiger partial charge >= 0.3 is 0 Å². The summed E-state index contributed by atoms with van der Waals surface area (Å²) in [5.41, 5.74) is 3.34. The number of fused-ring (bicyclic) bond motifs is 2. The Morgan fingerprint density at radius 1 is 1.13 bits per heavy atom. The van der Waals surface area contributed by atoms with Crippen LogP contribution in [0.25, 0.3) is 0 Å². The summed E-state index contributed by atoms with van der Waals surface area (Å²) >= 11 is 0. The van der Waals surface area contributed by atoms with Crippen LogP contribution in [0, 0.1) is 0 Å². The Balaban J connectivity index is 1.50. The maximum absolute atomic E-state index is 13.2. The summed E-state index contributed by atoms with van der Waals surface area (Å²) in [7, 11) is 1.64. The van der Waals surface area contributed by atoms with Gasteiger partial charge in [0.15, 0.2) is 6.10 Å². The molecule has 31 heavy (non-hydrogen) atoms. The minimum Gasteiger partial charge on any atom is -0.497 e. The summed E-state index contributed by atoms with van der Waals surface area (Å²) in [6.45, 7) is 6.06. The largest absolute Gasteiger partial charge is 0.497 e. The van der Waals surface area contributed by atoms with Crippen LogP contribution >= 0.6 is 0 Å². The van der Waals surface area contributed by atoms with Gasteiger partial charge in [-0.15, -0.1) is 0 Å². The van der Waals surface area contributed by atoms with E-state index in [9.17, 15) is 4.79 Å². The van der Waals surface area contributed by atoms with Crippen molar-refractivity contribution in [2.24, 2.45) is 0 Å². The standard InChI is InChI=1S/C26H33NO4/c1-5-23(30-20-11-10-17-8-6-7-9-18(17)14-20)25(28)27-22-16-26(2,3)31-24-15-19(29-4)12-13-21(22)24/h10-15,22-23H,5-9,16H2,1-4H3,(H,27,28)/t22-,23-/m0/s1. The van der Waals surface area contributed by atoms with Gasteiger partial charge in [0.2, 0.25) is 0 Å². The Morgan fingerprint density at radius 3 is 2.61 bits per heavy atom. The van der Waals surface area contributed by atoms with Crippen molar-refractivity contribution in [1.82, 2.24) is 5.32 Å². The zero-order valence-corrected chi connectivity index (χ0v) is 19.0. The molecule has 0 aromatic heterocycles. The van der Waals surface area contributed by atoms with Crippen LogP contribution < -0.4 is 19.5 Å². The third-order valence-electron chi connectivity index (χ3n) is 6.26. The van der Waals surface area contributed by atoms with E-state index in [-0.39, 0.29) is 11.9 Å². The molecule has 1 amide bonds. The number of hydrogen-bond donors (Lipinski definition) is 1. The number of aryl methyl sites for hydroxylation is 2. The molecule has 166 valence electrons. The van der Waals surface area contributed by atoms with E-state index in [1.807, 2.05) is 45.0 Å². The Labute approximate surface area is 185 Å². The van der Waals surface area contributed by atoms with Crippen molar-refractivity contribution < 1.29 is 19.0 Å². The first kappa shape index (κ1) is 21.5. The van der Waals surface area contributed by atoms with Crippen LogP contribution in [-0.2, 0) is 17.6 Å². The normalized spacial score (nSPS) is 19.9. The molecule has 1 heterocycles. The minimum absolute atomic E-state index is 0.0929. The molecular weight excluding hydrogens is 390 g/mol. The van der Waals surface area contributed by atoms with Crippen molar-refractivity contribution in [3.63, 3.8) is 0 Å². The fourth-order valence-corrected chi connectivity index (χ4v) is 4.62. The van der Waals surface area contributed by atoms with Crippen LogP contribution in [0.4, 0.5) is 0 Å². The van der Waals surface area contributed by atoms with Gasteiger partial charge in [-0.2, -0.15) is 0 Å². The number of benzene rings is 2. The molecule has 0 bridgehead atoms. The molecule has 0 unspecified atom stereocenters. The molecule has 0 fully saturated rings. The van der Waals surface area contributed by atoms with Crippen molar-refractivity contribution in [3.05, 3.63) is 53.1 Å². The Morgan fingerprint density at radius 2 is 1.87 bits per heavy atom. The fourth-order valence-electron chi connectivity index (χ4n) is 4.62. The average Bonchev–Trinajstić information content (AvgIpc) is 2.76. The van der Waals surface area contributed by atoms with Gasteiger partial charge in [0.05, 0.1) is 13.2 Å². The molecule has 2 aromatic carbocycles. The third kappa shape index (κ3) is 4.81. The number of carbonyl (C=O) groups excluding carboxylic acids is 1. The summed E-state index contributed by atoms with van der Waals surface area (Å²) in [6, 6.07) is 11.9. The quantitative estimate of drug-likeness (QED) is 0.698. The molecule has 1 N–H and O–H groups in total. The number of nitrogens with one attached hydrogen (secondary N) is 1. The van der Waals surface area contributed by atoms with Crippen molar-refractivity contribution in [3.8, 4) is 17.2 Å².